The summed E-state index contributed by atoms with van der Waals surface area (Å²) < 4.78 is 16.6. The van der Waals surface area contributed by atoms with E-state index in [9.17, 15) is 19.5 Å². The fraction of sp³-hybridized carbons (Fsp3) is 0.609. The predicted octanol–water partition coefficient (Wildman–Crippen LogP) is 2.51. The summed E-state index contributed by atoms with van der Waals surface area (Å²) in [6, 6.07) is 3.79. The maximum Gasteiger partial charge on any atom is 0.315 e. The SMILES string of the molecule is CCOC(=O)[C@@]12CCCC[C@@]13c1cc(OC)c(OC)cc1CCN3C(=O)[C@H]2CC(=O)O. The quantitative estimate of drug-likeness (QED) is 0.691. The van der Waals surface area contributed by atoms with Crippen molar-refractivity contribution < 1.29 is 33.7 Å². The van der Waals surface area contributed by atoms with Gasteiger partial charge in [0.1, 0.15) is 5.41 Å². The summed E-state index contributed by atoms with van der Waals surface area (Å²) in [6.45, 7) is 2.33. The Labute approximate surface area is 181 Å². The summed E-state index contributed by atoms with van der Waals surface area (Å²) in [5.41, 5.74) is -0.341. The fourth-order valence-corrected chi connectivity index (χ4v) is 6.32. The number of ether oxygens (including phenoxy) is 3. The van der Waals surface area contributed by atoms with Gasteiger partial charge in [-0.25, -0.2) is 0 Å². The van der Waals surface area contributed by atoms with Gasteiger partial charge in [-0.15, -0.1) is 0 Å². The number of carbonyl (C=O) groups excluding carboxylic acids is 2. The zero-order valence-electron chi connectivity index (χ0n) is 18.2. The van der Waals surface area contributed by atoms with Gasteiger partial charge in [-0.3, -0.25) is 14.4 Å². The first-order valence-corrected chi connectivity index (χ1v) is 10.8. The number of rotatable bonds is 6. The molecule has 2 fully saturated rings. The molecule has 0 bridgehead atoms. The summed E-state index contributed by atoms with van der Waals surface area (Å²) in [5, 5.41) is 9.63. The van der Waals surface area contributed by atoms with Crippen LogP contribution in [0.2, 0.25) is 0 Å². The van der Waals surface area contributed by atoms with Gasteiger partial charge >= 0.3 is 11.9 Å². The normalized spacial score (nSPS) is 28.9. The van der Waals surface area contributed by atoms with E-state index in [0.29, 0.717) is 37.3 Å². The Hall–Kier alpha value is -2.77. The smallest absolute Gasteiger partial charge is 0.315 e. The highest BCUT2D eigenvalue weighted by molar-refractivity contribution is 5.97. The first kappa shape index (κ1) is 21.5. The van der Waals surface area contributed by atoms with Crippen LogP contribution < -0.4 is 9.47 Å². The Morgan fingerprint density at radius 2 is 1.84 bits per heavy atom. The molecular formula is C23H29NO7. The summed E-state index contributed by atoms with van der Waals surface area (Å²) in [7, 11) is 3.12. The topological polar surface area (TPSA) is 102 Å². The van der Waals surface area contributed by atoms with E-state index in [1.165, 1.54) is 0 Å². The maximum atomic E-state index is 13.6. The van der Waals surface area contributed by atoms with Crippen LogP contribution in [0.25, 0.3) is 0 Å². The number of carboxylic acid groups (broad SMARTS) is 1. The predicted molar refractivity (Wildman–Crippen MR) is 110 cm³/mol. The number of hydrogen-bond donors (Lipinski definition) is 1. The maximum absolute atomic E-state index is 13.6. The van der Waals surface area contributed by atoms with Crippen molar-refractivity contribution >= 4 is 17.8 Å². The number of methoxy groups -OCH3 is 2. The lowest BCUT2D eigenvalue weighted by atomic mass is 9.53. The third kappa shape index (κ3) is 2.76. The van der Waals surface area contributed by atoms with Gasteiger partial charge in [0.2, 0.25) is 5.91 Å². The lowest BCUT2D eigenvalue weighted by Gasteiger charge is -2.54. The first-order chi connectivity index (χ1) is 14.9. The monoisotopic (exact) mass is 431 g/mol. The van der Waals surface area contributed by atoms with Crippen LogP contribution in [-0.2, 0) is 31.1 Å². The molecule has 8 nitrogen and oxygen atoms in total. The van der Waals surface area contributed by atoms with Gasteiger partial charge in [-0.2, -0.15) is 0 Å². The Bertz CT molecular complexity index is 929. The van der Waals surface area contributed by atoms with E-state index in [4.69, 9.17) is 14.2 Å². The molecule has 1 aromatic rings. The van der Waals surface area contributed by atoms with Crippen LogP contribution in [0.1, 0.15) is 50.2 Å². The summed E-state index contributed by atoms with van der Waals surface area (Å²) in [4.78, 5) is 40.8. The second kappa shape index (κ2) is 7.73. The number of fused-ring (bicyclic) bond motifs is 1. The molecule has 2 heterocycles. The number of carbonyl (C=O) groups is 3. The standard InChI is InChI=1S/C23H29NO7/c1-4-31-21(28)22-8-5-6-9-23(22)15-12-18(30-3)17(29-2)11-14(15)7-10-24(23)20(27)16(22)13-19(25)26/h11-12,16H,4-10,13H2,1-3H3,(H,25,26)/t16-,22+,23-/m1/s1. The molecule has 2 aliphatic heterocycles. The van der Waals surface area contributed by atoms with E-state index in [1.807, 2.05) is 12.1 Å². The molecule has 1 aromatic carbocycles. The molecule has 1 amide bonds. The van der Waals surface area contributed by atoms with Crippen molar-refractivity contribution in [2.75, 3.05) is 27.4 Å². The van der Waals surface area contributed by atoms with Crippen LogP contribution in [0.5, 0.6) is 11.5 Å². The van der Waals surface area contributed by atoms with E-state index in [1.54, 1.807) is 26.0 Å². The van der Waals surface area contributed by atoms with Crippen molar-refractivity contribution in [3.05, 3.63) is 23.3 Å². The van der Waals surface area contributed by atoms with Crippen LogP contribution >= 0.6 is 0 Å². The molecule has 3 aliphatic rings. The molecule has 1 spiro atoms. The van der Waals surface area contributed by atoms with Crippen molar-refractivity contribution in [3.8, 4) is 11.5 Å². The summed E-state index contributed by atoms with van der Waals surface area (Å²) in [5.74, 6) is -1.67. The van der Waals surface area contributed by atoms with Crippen molar-refractivity contribution in [2.45, 2.75) is 51.0 Å². The Kier molecular flexibility index (Phi) is 5.35. The third-order valence-corrected chi connectivity index (χ3v) is 7.40. The van der Waals surface area contributed by atoms with E-state index in [0.717, 1.165) is 24.0 Å². The molecule has 8 heteroatoms. The molecule has 1 saturated heterocycles. The van der Waals surface area contributed by atoms with Gasteiger partial charge in [0.25, 0.3) is 0 Å². The van der Waals surface area contributed by atoms with Crippen LogP contribution in [0.4, 0.5) is 0 Å². The van der Waals surface area contributed by atoms with Gasteiger partial charge in [0.05, 0.1) is 38.7 Å². The number of nitrogens with zero attached hydrogens (tertiary/aromatic N) is 1. The van der Waals surface area contributed by atoms with E-state index < -0.39 is 35.2 Å². The fourth-order valence-electron chi connectivity index (χ4n) is 6.32. The summed E-state index contributed by atoms with van der Waals surface area (Å²) in [6.07, 6.45) is 2.77. The number of aliphatic carboxylic acids is 1. The molecule has 0 aromatic heterocycles. The second-order valence-electron chi connectivity index (χ2n) is 8.51. The minimum Gasteiger partial charge on any atom is -0.493 e. The zero-order chi connectivity index (χ0) is 22.4. The molecule has 168 valence electrons. The Morgan fingerprint density at radius 3 is 2.48 bits per heavy atom. The second-order valence-corrected chi connectivity index (χ2v) is 8.51. The largest absolute Gasteiger partial charge is 0.493 e. The van der Waals surface area contributed by atoms with Gasteiger partial charge in [0.15, 0.2) is 11.5 Å². The number of hydrogen-bond acceptors (Lipinski definition) is 6. The highest BCUT2D eigenvalue weighted by Gasteiger charge is 2.74. The van der Waals surface area contributed by atoms with Gasteiger partial charge in [-0.1, -0.05) is 12.8 Å². The first-order valence-electron chi connectivity index (χ1n) is 10.8. The molecule has 0 radical (unpaired) electrons. The van der Waals surface area contributed by atoms with Gasteiger partial charge < -0.3 is 24.2 Å². The molecular weight excluding hydrogens is 402 g/mol. The molecule has 4 rings (SSSR count). The highest BCUT2D eigenvalue weighted by Crippen LogP contribution is 2.66. The van der Waals surface area contributed by atoms with Crippen molar-refractivity contribution in [1.29, 1.82) is 0 Å². The van der Waals surface area contributed by atoms with Crippen molar-refractivity contribution in [3.63, 3.8) is 0 Å². The molecule has 3 atom stereocenters. The van der Waals surface area contributed by atoms with Crippen LogP contribution in [0.3, 0.4) is 0 Å². The average Bonchev–Trinajstić information content (AvgIpc) is 2.98. The van der Waals surface area contributed by atoms with E-state index >= 15 is 0 Å². The highest BCUT2D eigenvalue weighted by atomic mass is 16.5. The Morgan fingerprint density at radius 1 is 1.16 bits per heavy atom. The van der Waals surface area contributed by atoms with Crippen LogP contribution in [0.15, 0.2) is 12.1 Å². The average molecular weight is 431 g/mol. The minimum atomic E-state index is -1.24. The molecule has 31 heavy (non-hydrogen) atoms. The molecule has 1 aliphatic carbocycles. The van der Waals surface area contributed by atoms with Crippen LogP contribution in [-0.4, -0.2) is 55.2 Å². The zero-order valence-corrected chi connectivity index (χ0v) is 18.2. The Balaban J connectivity index is 2.02. The minimum absolute atomic E-state index is 0.170. The van der Waals surface area contributed by atoms with E-state index in [-0.39, 0.29) is 12.5 Å². The van der Waals surface area contributed by atoms with Crippen molar-refractivity contribution in [2.24, 2.45) is 11.3 Å². The lowest BCUT2D eigenvalue weighted by Crippen LogP contribution is -2.60. The van der Waals surface area contributed by atoms with Gasteiger partial charge in [0, 0.05) is 6.54 Å². The van der Waals surface area contributed by atoms with Gasteiger partial charge in [-0.05, 0) is 49.4 Å². The van der Waals surface area contributed by atoms with Crippen molar-refractivity contribution in [1.82, 2.24) is 4.90 Å². The molecule has 1 saturated carbocycles. The number of esters is 1. The van der Waals surface area contributed by atoms with Crippen LogP contribution in [0, 0.1) is 11.3 Å². The summed E-state index contributed by atoms with van der Waals surface area (Å²) >= 11 is 0. The third-order valence-electron chi connectivity index (χ3n) is 7.40. The number of carboxylic acids is 1. The van der Waals surface area contributed by atoms with E-state index in [2.05, 4.69) is 0 Å². The number of benzene rings is 1. The molecule has 0 unspecified atom stereocenters. The number of amides is 1. The molecule has 1 N–H and O–H groups in total. The lowest BCUT2D eigenvalue weighted by molar-refractivity contribution is -0.171.